The van der Waals surface area contributed by atoms with Crippen LogP contribution in [0.5, 0.6) is 0 Å². The van der Waals surface area contributed by atoms with E-state index in [0.29, 0.717) is 0 Å². The Kier molecular flexibility index (Phi) is 7.28. The van der Waals surface area contributed by atoms with Crippen LogP contribution in [0.3, 0.4) is 0 Å². The molecule has 0 aliphatic heterocycles. The van der Waals surface area contributed by atoms with Gasteiger partial charge in [0.25, 0.3) is 5.91 Å². The molecular formula is C16H23N3O6S. The fourth-order valence-electron chi connectivity index (χ4n) is 1.79. The summed E-state index contributed by atoms with van der Waals surface area (Å²) < 4.78 is 31.2. The van der Waals surface area contributed by atoms with Crippen molar-refractivity contribution >= 4 is 27.9 Å². The smallest absolute Gasteiger partial charge is 0.338 e. The lowest BCUT2D eigenvalue weighted by Gasteiger charge is -2.21. The molecule has 0 spiro atoms. The second kappa shape index (κ2) is 8.77. The summed E-state index contributed by atoms with van der Waals surface area (Å²) in [5.74, 6) is -1.69. The fraction of sp³-hybridized carbons (Fsp3) is 0.438. The van der Waals surface area contributed by atoms with Crippen LogP contribution in [-0.2, 0) is 19.6 Å². The van der Waals surface area contributed by atoms with Crippen LogP contribution in [0, 0.1) is 0 Å². The Labute approximate surface area is 152 Å². The number of benzene rings is 1. The molecule has 0 saturated carbocycles. The van der Waals surface area contributed by atoms with Crippen molar-refractivity contribution in [2.75, 3.05) is 14.1 Å². The van der Waals surface area contributed by atoms with Crippen LogP contribution in [0.1, 0.15) is 31.1 Å². The molecule has 0 saturated heterocycles. The van der Waals surface area contributed by atoms with Crippen molar-refractivity contribution in [3.63, 3.8) is 0 Å². The summed E-state index contributed by atoms with van der Waals surface area (Å²) >= 11 is 0. The lowest BCUT2D eigenvalue weighted by atomic mass is 10.2. The van der Waals surface area contributed by atoms with E-state index in [2.05, 4.69) is 5.32 Å². The van der Waals surface area contributed by atoms with Gasteiger partial charge in [-0.3, -0.25) is 10.1 Å². The van der Waals surface area contributed by atoms with Gasteiger partial charge in [0, 0.05) is 20.1 Å². The number of hydrogen-bond acceptors (Lipinski definition) is 6. The number of carbonyl (C=O) groups is 3. The van der Waals surface area contributed by atoms with E-state index >= 15 is 0 Å². The molecule has 0 aliphatic rings. The molecule has 2 N–H and O–H groups in total. The molecule has 0 aromatic heterocycles. The zero-order chi connectivity index (χ0) is 20.1. The predicted octanol–water partition coefficient (Wildman–Crippen LogP) is 0.716. The Balaban J connectivity index is 2.96. The lowest BCUT2D eigenvalue weighted by Crippen LogP contribution is -2.43. The SMILES string of the molecule is CNC(=O)NC(=O)[C@H](C)OC(=O)c1cccc(S(=O)(=O)N(C)C(C)C)c1. The monoisotopic (exact) mass is 385 g/mol. The number of esters is 1. The first-order valence-electron chi connectivity index (χ1n) is 7.82. The van der Waals surface area contributed by atoms with Gasteiger partial charge in [-0.15, -0.1) is 0 Å². The van der Waals surface area contributed by atoms with E-state index in [1.54, 1.807) is 13.8 Å². The first kappa shape index (κ1) is 21.6. The summed E-state index contributed by atoms with van der Waals surface area (Å²) in [6.07, 6.45) is -1.24. The van der Waals surface area contributed by atoms with E-state index in [9.17, 15) is 22.8 Å². The number of carbonyl (C=O) groups excluding carboxylic acids is 3. The van der Waals surface area contributed by atoms with Gasteiger partial charge in [0.2, 0.25) is 10.0 Å². The Morgan fingerprint density at radius 2 is 1.77 bits per heavy atom. The molecule has 1 aromatic carbocycles. The molecular weight excluding hydrogens is 362 g/mol. The molecule has 1 atom stereocenters. The minimum atomic E-state index is -3.76. The second-order valence-electron chi connectivity index (χ2n) is 5.76. The highest BCUT2D eigenvalue weighted by Gasteiger charge is 2.25. The van der Waals surface area contributed by atoms with Crippen LogP contribution in [0.2, 0.25) is 0 Å². The molecule has 0 unspecified atom stereocenters. The third-order valence-corrected chi connectivity index (χ3v) is 5.62. The molecule has 1 aromatic rings. The number of nitrogens with zero attached hydrogens (tertiary/aromatic N) is 1. The van der Waals surface area contributed by atoms with E-state index in [4.69, 9.17) is 4.74 Å². The minimum Gasteiger partial charge on any atom is -0.449 e. The normalized spacial score (nSPS) is 12.6. The molecule has 0 aliphatic carbocycles. The largest absolute Gasteiger partial charge is 0.449 e. The van der Waals surface area contributed by atoms with E-state index in [1.807, 2.05) is 5.32 Å². The minimum absolute atomic E-state index is 0.0252. The average molecular weight is 385 g/mol. The molecule has 1 rings (SSSR count). The Hall–Kier alpha value is -2.46. The Morgan fingerprint density at radius 1 is 1.15 bits per heavy atom. The van der Waals surface area contributed by atoms with E-state index in [1.165, 1.54) is 49.6 Å². The predicted molar refractivity (Wildman–Crippen MR) is 94.0 cm³/mol. The van der Waals surface area contributed by atoms with Crippen molar-refractivity contribution in [2.45, 2.75) is 37.8 Å². The highest BCUT2D eigenvalue weighted by atomic mass is 32.2. The number of imide groups is 1. The van der Waals surface area contributed by atoms with Gasteiger partial charge in [-0.1, -0.05) is 6.07 Å². The maximum absolute atomic E-state index is 12.5. The molecule has 0 radical (unpaired) electrons. The second-order valence-corrected chi connectivity index (χ2v) is 7.76. The van der Waals surface area contributed by atoms with Crippen LogP contribution in [0.4, 0.5) is 4.79 Å². The first-order chi connectivity index (χ1) is 12.0. The van der Waals surface area contributed by atoms with Crippen molar-refractivity contribution in [3.05, 3.63) is 29.8 Å². The molecule has 9 nitrogen and oxygen atoms in total. The molecule has 144 valence electrons. The van der Waals surface area contributed by atoms with Crippen molar-refractivity contribution in [3.8, 4) is 0 Å². The zero-order valence-corrected chi connectivity index (χ0v) is 16.1. The van der Waals surface area contributed by atoms with Crippen LogP contribution >= 0.6 is 0 Å². The van der Waals surface area contributed by atoms with Gasteiger partial charge in [-0.2, -0.15) is 4.31 Å². The molecule has 0 bridgehead atoms. The number of sulfonamides is 1. The summed E-state index contributed by atoms with van der Waals surface area (Å²) in [6.45, 7) is 4.74. The van der Waals surface area contributed by atoms with Gasteiger partial charge >= 0.3 is 12.0 Å². The fourth-order valence-corrected chi connectivity index (χ4v) is 3.20. The van der Waals surface area contributed by atoms with Crippen LogP contribution in [-0.4, -0.2) is 56.9 Å². The summed E-state index contributed by atoms with van der Waals surface area (Å²) in [6, 6.07) is 4.34. The van der Waals surface area contributed by atoms with Gasteiger partial charge in [0.1, 0.15) is 0 Å². The van der Waals surface area contributed by atoms with Crippen LogP contribution in [0.15, 0.2) is 29.2 Å². The Bertz CT molecular complexity index is 791. The molecule has 0 heterocycles. The number of amides is 3. The maximum atomic E-state index is 12.5. The van der Waals surface area contributed by atoms with Gasteiger partial charge in [0.15, 0.2) is 6.10 Å². The van der Waals surface area contributed by atoms with Gasteiger partial charge < -0.3 is 10.1 Å². The van der Waals surface area contributed by atoms with Gasteiger partial charge in [-0.05, 0) is 39.0 Å². The highest BCUT2D eigenvalue weighted by Crippen LogP contribution is 2.18. The number of nitrogens with one attached hydrogen (secondary N) is 2. The standard InChI is InChI=1S/C16H23N3O6S/c1-10(2)19(5)26(23,24)13-8-6-7-12(9-13)15(21)25-11(3)14(20)18-16(22)17-4/h6-11H,1-5H3,(H2,17,18,20,22)/t11-/m0/s1. The third kappa shape index (κ3) is 5.27. The molecule has 0 fully saturated rings. The van der Waals surface area contributed by atoms with Crippen molar-refractivity contribution in [1.29, 1.82) is 0 Å². The lowest BCUT2D eigenvalue weighted by molar-refractivity contribution is -0.127. The van der Waals surface area contributed by atoms with Gasteiger partial charge in [0.05, 0.1) is 10.5 Å². The maximum Gasteiger partial charge on any atom is 0.338 e. The number of hydrogen-bond donors (Lipinski definition) is 2. The average Bonchev–Trinajstić information content (AvgIpc) is 2.60. The molecule has 10 heteroatoms. The number of ether oxygens (including phenoxy) is 1. The number of urea groups is 1. The molecule has 3 amide bonds. The number of rotatable bonds is 6. The highest BCUT2D eigenvalue weighted by molar-refractivity contribution is 7.89. The summed E-state index contributed by atoms with van der Waals surface area (Å²) in [5.41, 5.74) is -0.0252. The molecule has 26 heavy (non-hydrogen) atoms. The van der Waals surface area contributed by atoms with Crippen LogP contribution < -0.4 is 10.6 Å². The summed E-state index contributed by atoms with van der Waals surface area (Å²) in [7, 11) is -0.992. The third-order valence-electron chi connectivity index (χ3n) is 3.59. The summed E-state index contributed by atoms with van der Waals surface area (Å²) in [4.78, 5) is 34.9. The van der Waals surface area contributed by atoms with Crippen LogP contribution in [0.25, 0.3) is 0 Å². The van der Waals surface area contributed by atoms with E-state index in [-0.39, 0.29) is 16.5 Å². The van der Waals surface area contributed by atoms with Gasteiger partial charge in [-0.25, -0.2) is 18.0 Å². The van der Waals surface area contributed by atoms with Crippen molar-refractivity contribution in [2.24, 2.45) is 0 Å². The van der Waals surface area contributed by atoms with E-state index in [0.717, 1.165) is 0 Å². The quantitative estimate of drug-likeness (QED) is 0.696. The zero-order valence-electron chi connectivity index (χ0n) is 15.3. The van der Waals surface area contributed by atoms with E-state index < -0.39 is 34.0 Å². The van der Waals surface area contributed by atoms with Crippen molar-refractivity contribution < 1.29 is 27.5 Å². The first-order valence-corrected chi connectivity index (χ1v) is 9.26. The van der Waals surface area contributed by atoms with Crippen molar-refractivity contribution in [1.82, 2.24) is 14.9 Å². The Morgan fingerprint density at radius 3 is 2.31 bits per heavy atom. The topological polar surface area (TPSA) is 122 Å². The summed E-state index contributed by atoms with van der Waals surface area (Å²) in [5, 5.41) is 4.18.